The predicted octanol–water partition coefficient (Wildman–Crippen LogP) is 2.56. The van der Waals surface area contributed by atoms with E-state index in [9.17, 15) is 9.59 Å². The molecule has 1 heterocycles. The zero-order valence-electron chi connectivity index (χ0n) is 14.3. The van der Waals surface area contributed by atoms with E-state index in [1.165, 1.54) is 0 Å². The van der Waals surface area contributed by atoms with Crippen molar-refractivity contribution < 1.29 is 9.59 Å². The highest BCUT2D eigenvalue weighted by Crippen LogP contribution is 2.19. The van der Waals surface area contributed by atoms with Gasteiger partial charge in [0.1, 0.15) is 0 Å². The Morgan fingerprint density at radius 2 is 2.00 bits per heavy atom. The van der Waals surface area contributed by atoms with E-state index in [1.54, 1.807) is 12.1 Å². The number of hydrogen-bond donors (Lipinski definition) is 2. The molecule has 1 atom stereocenters. The standard InChI is InChI=1S/C18H26BrN3O2/c1-13(2)22-11-4-3-8-16(22)18(24)21-10-9-20-17(23)14-6-5-7-15(19)12-14/h5-7,12-13,16H,3-4,8-11H2,1-2H3,(H,20,23)(H,21,24). The second-order valence-corrected chi connectivity index (χ2v) is 7.32. The third kappa shape index (κ3) is 5.31. The highest BCUT2D eigenvalue weighted by molar-refractivity contribution is 9.10. The van der Waals surface area contributed by atoms with Crippen LogP contribution in [-0.2, 0) is 4.79 Å². The van der Waals surface area contributed by atoms with Crippen LogP contribution in [0.25, 0.3) is 0 Å². The van der Waals surface area contributed by atoms with Crippen molar-refractivity contribution in [2.45, 2.75) is 45.2 Å². The molecule has 0 spiro atoms. The quantitative estimate of drug-likeness (QED) is 0.727. The third-order valence-electron chi connectivity index (χ3n) is 4.31. The molecule has 24 heavy (non-hydrogen) atoms. The first-order valence-electron chi connectivity index (χ1n) is 8.56. The Morgan fingerprint density at radius 3 is 2.71 bits per heavy atom. The highest BCUT2D eigenvalue weighted by Gasteiger charge is 2.29. The third-order valence-corrected chi connectivity index (χ3v) is 4.80. The molecule has 0 bridgehead atoms. The zero-order chi connectivity index (χ0) is 17.5. The molecule has 0 radical (unpaired) electrons. The smallest absolute Gasteiger partial charge is 0.251 e. The van der Waals surface area contributed by atoms with Gasteiger partial charge in [-0.25, -0.2) is 0 Å². The summed E-state index contributed by atoms with van der Waals surface area (Å²) in [5, 5.41) is 5.78. The van der Waals surface area contributed by atoms with Crippen LogP contribution in [0.1, 0.15) is 43.5 Å². The van der Waals surface area contributed by atoms with E-state index in [2.05, 4.69) is 45.3 Å². The molecule has 1 aliphatic rings. The Kier molecular flexibility index (Phi) is 7.24. The number of nitrogens with zero attached hydrogens (tertiary/aromatic N) is 1. The van der Waals surface area contributed by atoms with Crippen LogP contribution in [0.3, 0.4) is 0 Å². The second-order valence-electron chi connectivity index (χ2n) is 6.40. The maximum atomic E-state index is 12.4. The minimum atomic E-state index is -0.132. The van der Waals surface area contributed by atoms with Gasteiger partial charge in [-0.05, 0) is 51.4 Å². The Morgan fingerprint density at radius 1 is 1.25 bits per heavy atom. The summed E-state index contributed by atoms with van der Waals surface area (Å²) in [6.07, 6.45) is 3.17. The number of carbonyl (C=O) groups is 2. The first-order chi connectivity index (χ1) is 11.5. The van der Waals surface area contributed by atoms with E-state index in [4.69, 9.17) is 0 Å². The van der Waals surface area contributed by atoms with Gasteiger partial charge in [-0.15, -0.1) is 0 Å². The van der Waals surface area contributed by atoms with Gasteiger partial charge in [0.2, 0.25) is 5.91 Å². The predicted molar refractivity (Wildman–Crippen MR) is 99.0 cm³/mol. The van der Waals surface area contributed by atoms with Gasteiger partial charge in [0, 0.05) is 29.2 Å². The van der Waals surface area contributed by atoms with Crippen LogP contribution in [0.15, 0.2) is 28.7 Å². The second kappa shape index (κ2) is 9.18. The average Bonchev–Trinajstić information content (AvgIpc) is 2.58. The molecule has 1 aromatic rings. The van der Waals surface area contributed by atoms with Crippen LogP contribution < -0.4 is 10.6 Å². The molecule has 132 valence electrons. The molecule has 0 aromatic heterocycles. The van der Waals surface area contributed by atoms with Gasteiger partial charge in [0.05, 0.1) is 6.04 Å². The van der Waals surface area contributed by atoms with E-state index in [1.807, 2.05) is 12.1 Å². The van der Waals surface area contributed by atoms with Crippen LogP contribution >= 0.6 is 15.9 Å². The monoisotopic (exact) mass is 395 g/mol. The van der Waals surface area contributed by atoms with E-state index >= 15 is 0 Å². The Hall–Kier alpha value is -1.40. The van der Waals surface area contributed by atoms with Crippen molar-refractivity contribution in [3.05, 3.63) is 34.3 Å². The Bertz CT molecular complexity index is 577. The maximum absolute atomic E-state index is 12.4. The number of halogens is 1. The van der Waals surface area contributed by atoms with Crippen molar-refractivity contribution in [2.24, 2.45) is 0 Å². The SMILES string of the molecule is CC(C)N1CCCCC1C(=O)NCCNC(=O)c1cccc(Br)c1. The van der Waals surface area contributed by atoms with Crippen LogP contribution in [-0.4, -0.2) is 48.4 Å². The van der Waals surface area contributed by atoms with E-state index in [0.29, 0.717) is 24.7 Å². The summed E-state index contributed by atoms with van der Waals surface area (Å²) in [6.45, 7) is 6.11. The summed E-state index contributed by atoms with van der Waals surface area (Å²) in [5.74, 6) is -0.0628. The molecular weight excluding hydrogens is 370 g/mol. The molecule has 5 nitrogen and oxygen atoms in total. The van der Waals surface area contributed by atoms with Gasteiger partial charge in [-0.3, -0.25) is 14.5 Å². The van der Waals surface area contributed by atoms with Gasteiger partial charge in [-0.1, -0.05) is 28.4 Å². The molecular formula is C18H26BrN3O2. The molecule has 2 N–H and O–H groups in total. The van der Waals surface area contributed by atoms with Crippen molar-refractivity contribution in [1.82, 2.24) is 15.5 Å². The van der Waals surface area contributed by atoms with Gasteiger partial charge >= 0.3 is 0 Å². The Balaban J connectivity index is 1.75. The fraction of sp³-hybridized carbons (Fsp3) is 0.556. The molecule has 2 amide bonds. The molecule has 0 aliphatic carbocycles. The first kappa shape index (κ1) is 18.9. The molecule has 1 unspecified atom stereocenters. The average molecular weight is 396 g/mol. The lowest BCUT2D eigenvalue weighted by molar-refractivity contribution is -0.128. The lowest BCUT2D eigenvalue weighted by atomic mass is 10.00. The summed E-state index contributed by atoms with van der Waals surface area (Å²) in [6, 6.07) is 7.57. The maximum Gasteiger partial charge on any atom is 0.251 e. The van der Waals surface area contributed by atoms with Crippen LogP contribution in [0.2, 0.25) is 0 Å². The van der Waals surface area contributed by atoms with Crippen LogP contribution in [0.5, 0.6) is 0 Å². The molecule has 1 fully saturated rings. The van der Waals surface area contributed by atoms with Crippen molar-refractivity contribution >= 4 is 27.7 Å². The van der Waals surface area contributed by atoms with Gasteiger partial charge in [0.25, 0.3) is 5.91 Å². The summed E-state index contributed by atoms with van der Waals surface area (Å²) < 4.78 is 0.870. The first-order valence-corrected chi connectivity index (χ1v) is 9.35. The number of likely N-dealkylation sites (tertiary alicyclic amines) is 1. The number of carbonyl (C=O) groups excluding carboxylic acids is 2. The van der Waals surface area contributed by atoms with Gasteiger partial charge < -0.3 is 10.6 Å². The normalized spacial score (nSPS) is 18.4. The minimum Gasteiger partial charge on any atom is -0.353 e. The lowest BCUT2D eigenvalue weighted by Gasteiger charge is -2.37. The minimum absolute atomic E-state index is 0.0421. The van der Waals surface area contributed by atoms with E-state index < -0.39 is 0 Å². The fourth-order valence-electron chi connectivity index (χ4n) is 3.06. The topological polar surface area (TPSA) is 61.4 Å². The molecule has 6 heteroatoms. The number of piperidine rings is 1. The summed E-state index contributed by atoms with van der Waals surface area (Å²) in [4.78, 5) is 26.7. The molecule has 1 aliphatic heterocycles. The molecule has 2 rings (SSSR count). The Labute approximate surface area is 152 Å². The molecule has 0 saturated carbocycles. The fourth-order valence-corrected chi connectivity index (χ4v) is 3.46. The lowest BCUT2D eigenvalue weighted by Crippen LogP contribution is -2.52. The summed E-state index contributed by atoms with van der Waals surface area (Å²) >= 11 is 3.35. The zero-order valence-corrected chi connectivity index (χ0v) is 15.9. The van der Waals surface area contributed by atoms with Crippen molar-refractivity contribution in [2.75, 3.05) is 19.6 Å². The van der Waals surface area contributed by atoms with Crippen LogP contribution in [0, 0.1) is 0 Å². The molecule has 1 aromatic carbocycles. The number of benzene rings is 1. The number of rotatable bonds is 6. The van der Waals surface area contributed by atoms with Crippen molar-refractivity contribution in [3.8, 4) is 0 Å². The van der Waals surface area contributed by atoms with Crippen LogP contribution in [0.4, 0.5) is 0 Å². The van der Waals surface area contributed by atoms with Crippen molar-refractivity contribution in [3.63, 3.8) is 0 Å². The van der Waals surface area contributed by atoms with Crippen molar-refractivity contribution in [1.29, 1.82) is 0 Å². The highest BCUT2D eigenvalue weighted by atomic mass is 79.9. The summed E-state index contributed by atoms with van der Waals surface area (Å²) in [5.41, 5.74) is 0.606. The summed E-state index contributed by atoms with van der Waals surface area (Å²) in [7, 11) is 0. The largest absolute Gasteiger partial charge is 0.353 e. The molecule has 1 saturated heterocycles. The number of amides is 2. The van der Waals surface area contributed by atoms with Gasteiger partial charge in [-0.2, -0.15) is 0 Å². The van der Waals surface area contributed by atoms with E-state index in [-0.39, 0.29) is 17.9 Å². The number of hydrogen-bond acceptors (Lipinski definition) is 3. The number of nitrogens with one attached hydrogen (secondary N) is 2. The van der Waals surface area contributed by atoms with Gasteiger partial charge in [0.15, 0.2) is 0 Å². The van der Waals surface area contributed by atoms with E-state index in [0.717, 1.165) is 30.3 Å².